The Labute approximate surface area is 97.9 Å². The minimum Gasteiger partial charge on any atom is -0.381 e. The minimum absolute atomic E-state index is 0.0752. The molecule has 1 amide bonds. The van der Waals surface area contributed by atoms with Crippen LogP contribution in [0, 0.1) is 5.92 Å². The van der Waals surface area contributed by atoms with Crippen LogP contribution in [0.25, 0.3) is 0 Å². The van der Waals surface area contributed by atoms with E-state index >= 15 is 0 Å². The highest BCUT2D eigenvalue weighted by molar-refractivity contribution is 5.75. The lowest BCUT2D eigenvalue weighted by Gasteiger charge is -2.28. The Morgan fingerprint density at radius 3 is 2.88 bits per heavy atom. The molecule has 3 N–H and O–H groups in total. The van der Waals surface area contributed by atoms with Gasteiger partial charge in [-0.3, -0.25) is 4.79 Å². The third kappa shape index (κ3) is 4.94. The molecular formula is C12H24N2O2. The van der Waals surface area contributed by atoms with Crippen molar-refractivity contribution in [2.75, 3.05) is 19.8 Å². The van der Waals surface area contributed by atoms with E-state index in [-0.39, 0.29) is 11.9 Å². The molecule has 0 bridgehead atoms. The zero-order valence-corrected chi connectivity index (χ0v) is 10.2. The molecule has 4 heteroatoms. The zero-order chi connectivity index (χ0) is 11.8. The molecule has 0 saturated heterocycles. The normalized spacial score (nSPS) is 25.4. The maximum absolute atomic E-state index is 11.4. The van der Waals surface area contributed by atoms with Gasteiger partial charge in [-0.1, -0.05) is 12.8 Å². The van der Waals surface area contributed by atoms with Gasteiger partial charge in [-0.15, -0.1) is 0 Å². The summed E-state index contributed by atoms with van der Waals surface area (Å²) in [5.41, 5.74) is 6.01. The van der Waals surface area contributed by atoms with Gasteiger partial charge in [-0.05, 0) is 25.7 Å². The van der Waals surface area contributed by atoms with Gasteiger partial charge in [0.05, 0.1) is 6.61 Å². The van der Waals surface area contributed by atoms with Crippen LogP contribution in [0.4, 0.5) is 0 Å². The van der Waals surface area contributed by atoms with E-state index in [1.807, 2.05) is 6.92 Å². The molecule has 0 aromatic carbocycles. The van der Waals surface area contributed by atoms with Crippen LogP contribution in [0.1, 0.15) is 39.0 Å². The summed E-state index contributed by atoms with van der Waals surface area (Å²) < 4.78 is 5.13. The summed E-state index contributed by atoms with van der Waals surface area (Å²) in [6.07, 6.45) is 5.17. The van der Waals surface area contributed by atoms with E-state index in [2.05, 4.69) is 5.32 Å². The van der Waals surface area contributed by atoms with Crippen LogP contribution in [-0.4, -0.2) is 31.7 Å². The van der Waals surface area contributed by atoms with E-state index in [9.17, 15) is 4.79 Å². The lowest BCUT2D eigenvalue weighted by Crippen LogP contribution is -2.41. The van der Waals surface area contributed by atoms with Crippen molar-refractivity contribution in [3.8, 4) is 0 Å². The Hall–Kier alpha value is -0.610. The Bertz CT molecular complexity index is 209. The maximum atomic E-state index is 11.4. The number of ether oxygens (including phenoxy) is 1. The average molecular weight is 228 g/mol. The third-order valence-corrected chi connectivity index (χ3v) is 3.21. The Kier molecular flexibility index (Phi) is 6.42. The number of hydrogen-bond acceptors (Lipinski definition) is 3. The lowest BCUT2D eigenvalue weighted by molar-refractivity contribution is -0.122. The lowest BCUT2D eigenvalue weighted by atomic mass is 9.85. The molecule has 1 aliphatic rings. The topological polar surface area (TPSA) is 64.3 Å². The molecule has 0 aromatic heterocycles. The molecule has 16 heavy (non-hydrogen) atoms. The summed E-state index contributed by atoms with van der Waals surface area (Å²) in [7, 11) is 0. The minimum atomic E-state index is 0.0752. The van der Waals surface area contributed by atoms with Crippen molar-refractivity contribution in [3.05, 3.63) is 0 Å². The third-order valence-electron chi connectivity index (χ3n) is 3.21. The first-order valence-corrected chi connectivity index (χ1v) is 6.34. The molecular weight excluding hydrogens is 204 g/mol. The van der Waals surface area contributed by atoms with E-state index < -0.39 is 0 Å². The zero-order valence-electron chi connectivity index (χ0n) is 10.2. The molecule has 4 nitrogen and oxygen atoms in total. The van der Waals surface area contributed by atoms with Gasteiger partial charge in [0.2, 0.25) is 5.91 Å². The van der Waals surface area contributed by atoms with Crippen molar-refractivity contribution in [3.63, 3.8) is 0 Å². The summed E-state index contributed by atoms with van der Waals surface area (Å²) in [6, 6.07) is 0.265. The molecule has 94 valence electrons. The van der Waals surface area contributed by atoms with Crippen LogP contribution in [0.15, 0.2) is 0 Å². The number of amides is 1. The molecule has 1 saturated carbocycles. The molecule has 0 aliphatic heterocycles. The molecule has 0 radical (unpaired) electrons. The van der Waals surface area contributed by atoms with Gasteiger partial charge in [-0.25, -0.2) is 0 Å². The van der Waals surface area contributed by atoms with Crippen LogP contribution in [0.3, 0.4) is 0 Å². The standard InChI is InChI=1S/C12H24N2O2/c1-2-16-8-7-12(15)14-9-10-5-3-4-6-11(10)13/h10-11H,2-9,13H2,1H3,(H,14,15). The van der Waals surface area contributed by atoms with Crippen LogP contribution in [0.5, 0.6) is 0 Å². The van der Waals surface area contributed by atoms with Crippen LogP contribution in [0.2, 0.25) is 0 Å². The first-order valence-electron chi connectivity index (χ1n) is 6.34. The maximum Gasteiger partial charge on any atom is 0.222 e. The van der Waals surface area contributed by atoms with Gasteiger partial charge in [0.1, 0.15) is 0 Å². The number of carbonyl (C=O) groups is 1. The molecule has 0 heterocycles. The van der Waals surface area contributed by atoms with E-state index in [0.29, 0.717) is 25.6 Å². The first-order chi connectivity index (χ1) is 7.74. The average Bonchev–Trinajstić information content (AvgIpc) is 2.28. The van der Waals surface area contributed by atoms with Gasteiger partial charge >= 0.3 is 0 Å². The Morgan fingerprint density at radius 1 is 1.44 bits per heavy atom. The van der Waals surface area contributed by atoms with Gasteiger partial charge in [0.15, 0.2) is 0 Å². The number of nitrogens with two attached hydrogens (primary N) is 1. The molecule has 0 spiro atoms. The molecule has 1 aliphatic carbocycles. The highest BCUT2D eigenvalue weighted by Gasteiger charge is 2.21. The van der Waals surface area contributed by atoms with E-state index in [0.717, 1.165) is 19.4 Å². The number of carbonyl (C=O) groups excluding carboxylic acids is 1. The number of hydrogen-bond donors (Lipinski definition) is 2. The van der Waals surface area contributed by atoms with Crippen molar-refractivity contribution in [1.82, 2.24) is 5.32 Å². The van der Waals surface area contributed by atoms with Crippen LogP contribution in [-0.2, 0) is 9.53 Å². The van der Waals surface area contributed by atoms with Gasteiger partial charge < -0.3 is 15.8 Å². The Balaban J connectivity index is 2.10. The second-order valence-electron chi connectivity index (χ2n) is 4.46. The molecule has 2 atom stereocenters. The van der Waals surface area contributed by atoms with Crippen molar-refractivity contribution < 1.29 is 9.53 Å². The SMILES string of the molecule is CCOCCC(=O)NCC1CCCCC1N. The summed E-state index contributed by atoms with van der Waals surface area (Å²) >= 11 is 0. The predicted octanol–water partition coefficient (Wildman–Crippen LogP) is 1.05. The van der Waals surface area contributed by atoms with E-state index in [4.69, 9.17) is 10.5 Å². The smallest absolute Gasteiger partial charge is 0.222 e. The second kappa shape index (κ2) is 7.63. The first kappa shape index (κ1) is 13.5. The summed E-state index contributed by atoms with van der Waals surface area (Å²) in [5, 5.41) is 2.94. The highest BCUT2D eigenvalue weighted by Crippen LogP contribution is 2.22. The number of rotatable bonds is 6. The van der Waals surface area contributed by atoms with Crippen LogP contribution >= 0.6 is 0 Å². The summed E-state index contributed by atoms with van der Waals surface area (Å²) in [6.45, 7) is 3.84. The van der Waals surface area contributed by atoms with Crippen molar-refractivity contribution in [2.24, 2.45) is 11.7 Å². The monoisotopic (exact) mass is 228 g/mol. The van der Waals surface area contributed by atoms with Gasteiger partial charge in [0.25, 0.3) is 0 Å². The van der Waals surface area contributed by atoms with Crippen molar-refractivity contribution in [2.45, 2.75) is 45.1 Å². The highest BCUT2D eigenvalue weighted by atomic mass is 16.5. The molecule has 0 aromatic rings. The van der Waals surface area contributed by atoms with Crippen molar-refractivity contribution >= 4 is 5.91 Å². The largest absolute Gasteiger partial charge is 0.381 e. The molecule has 1 rings (SSSR count). The fourth-order valence-electron chi connectivity index (χ4n) is 2.13. The molecule has 1 fully saturated rings. The van der Waals surface area contributed by atoms with Crippen molar-refractivity contribution in [1.29, 1.82) is 0 Å². The van der Waals surface area contributed by atoms with Gasteiger partial charge in [0, 0.05) is 25.6 Å². The predicted molar refractivity (Wildman–Crippen MR) is 64.1 cm³/mol. The second-order valence-corrected chi connectivity index (χ2v) is 4.46. The summed E-state index contributed by atoms with van der Waals surface area (Å²) in [5.74, 6) is 0.538. The fraction of sp³-hybridized carbons (Fsp3) is 0.917. The fourth-order valence-corrected chi connectivity index (χ4v) is 2.13. The quantitative estimate of drug-likeness (QED) is 0.668. The number of nitrogens with one attached hydrogen (secondary N) is 1. The van der Waals surface area contributed by atoms with Crippen LogP contribution < -0.4 is 11.1 Å². The van der Waals surface area contributed by atoms with Gasteiger partial charge in [-0.2, -0.15) is 0 Å². The van der Waals surface area contributed by atoms with E-state index in [1.54, 1.807) is 0 Å². The Morgan fingerprint density at radius 2 is 2.19 bits per heavy atom. The molecule has 2 unspecified atom stereocenters. The summed E-state index contributed by atoms with van der Waals surface area (Å²) in [4.78, 5) is 11.4. The van der Waals surface area contributed by atoms with E-state index in [1.165, 1.54) is 12.8 Å².